The number of amides is 1. The predicted molar refractivity (Wildman–Crippen MR) is 69.9 cm³/mol. The molecule has 2 rings (SSSR count). The molecule has 1 amide bonds. The molecule has 4 N–H and O–H groups in total. The molecule has 0 fully saturated rings. The standard InChI is InChI=1S/C13H15N3O3/c1-8(12(19)16-13-14-4-5-15-13)6-9-2-3-10(17)11(18)7-9/h2-5,7-8,17-18H,6H2,1H3,(H2,14,15,16,19). The lowest BCUT2D eigenvalue weighted by Gasteiger charge is -2.11. The second-order valence-corrected chi connectivity index (χ2v) is 4.36. The summed E-state index contributed by atoms with van der Waals surface area (Å²) in [6.45, 7) is 1.78. The van der Waals surface area contributed by atoms with Gasteiger partial charge in [0.05, 0.1) is 0 Å². The fraction of sp³-hybridized carbons (Fsp3) is 0.231. The van der Waals surface area contributed by atoms with Crippen molar-refractivity contribution in [3.05, 3.63) is 36.2 Å². The van der Waals surface area contributed by atoms with Gasteiger partial charge < -0.3 is 15.2 Å². The van der Waals surface area contributed by atoms with E-state index in [9.17, 15) is 15.0 Å². The van der Waals surface area contributed by atoms with Gasteiger partial charge >= 0.3 is 0 Å². The average molecular weight is 261 g/mol. The lowest BCUT2D eigenvalue weighted by Crippen LogP contribution is -2.22. The Morgan fingerprint density at radius 3 is 2.84 bits per heavy atom. The second-order valence-electron chi connectivity index (χ2n) is 4.36. The molecule has 0 spiro atoms. The number of carbonyl (C=O) groups is 1. The molecule has 0 radical (unpaired) electrons. The molecule has 1 heterocycles. The third-order valence-electron chi connectivity index (χ3n) is 2.77. The molecule has 0 saturated heterocycles. The van der Waals surface area contributed by atoms with Gasteiger partial charge in [0.1, 0.15) is 0 Å². The van der Waals surface area contributed by atoms with E-state index in [2.05, 4.69) is 15.3 Å². The molecule has 6 nitrogen and oxygen atoms in total. The molecular weight excluding hydrogens is 246 g/mol. The number of hydrogen-bond acceptors (Lipinski definition) is 4. The van der Waals surface area contributed by atoms with Gasteiger partial charge in [-0.05, 0) is 24.1 Å². The molecule has 0 aliphatic heterocycles. The topological polar surface area (TPSA) is 98.2 Å². The van der Waals surface area contributed by atoms with E-state index in [4.69, 9.17) is 0 Å². The van der Waals surface area contributed by atoms with Crippen LogP contribution in [0.25, 0.3) is 0 Å². The Bertz CT molecular complexity index is 567. The molecule has 2 aromatic rings. The van der Waals surface area contributed by atoms with E-state index in [0.29, 0.717) is 12.4 Å². The SMILES string of the molecule is CC(Cc1ccc(O)c(O)c1)C(=O)Nc1ncc[nH]1. The summed E-state index contributed by atoms with van der Waals surface area (Å²) < 4.78 is 0. The van der Waals surface area contributed by atoms with Crippen molar-refractivity contribution in [3.63, 3.8) is 0 Å². The highest BCUT2D eigenvalue weighted by Gasteiger charge is 2.15. The van der Waals surface area contributed by atoms with Gasteiger partial charge in [-0.25, -0.2) is 4.98 Å². The van der Waals surface area contributed by atoms with Gasteiger partial charge in [-0.2, -0.15) is 0 Å². The van der Waals surface area contributed by atoms with E-state index in [0.717, 1.165) is 5.56 Å². The molecule has 1 unspecified atom stereocenters. The smallest absolute Gasteiger partial charge is 0.229 e. The van der Waals surface area contributed by atoms with E-state index in [1.807, 2.05) is 0 Å². The Morgan fingerprint density at radius 2 is 2.21 bits per heavy atom. The fourth-order valence-corrected chi connectivity index (χ4v) is 1.72. The highest BCUT2D eigenvalue weighted by molar-refractivity contribution is 5.90. The summed E-state index contributed by atoms with van der Waals surface area (Å²) in [4.78, 5) is 18.6. The zero-order valence-corrected chi connectivity index (χ0v) is 10.4. The quantitative estimate of drug-likeness (QED) is 0.629. The summed E-state index contributed by atoms with van der Waals surface area (Å²) in [5, 5.41) is 21.3. The van der Waals surface area contributed by atoms with Crippen molar-refractivity contribution in [2.75, 3.05) is 5.32 Å². The number of imidazole rings is 1. The van der Waals surface area contributed by atoms with Crippen LogP contribution in [0.1, 0.15) is 12.5 Å². The molecular formula is C13H15N3O3. The number of phenols is 2. The molecule has 1 aromatic heterocycles. The molecule has 100 valence electrons. The van der Waals surface area contributed by atoms with E-state index >= 15 is 0 Å². The predicted octanol–water partition coefficient (Wildman–Crippen LogP) is 1.64. The largest absolute Gasteiger partial charge is 0.504 e. The van der Waals surface area contributed by atoms with Crippen molar-refractivity contribution in [1.82, 2.24) is 9.97 Å². The summed E-state index contributed by atoms with van der Waals surface area (Å²) >= 11 is 0. The van der Waals surface area contributed by atoms with E-state index in [-0.39, 0.29) is 23.3 Å². The molecule has 1 atom stereocenters. The van der Waals surface area contributed by atoms with Crippen LogP contribution in [0.4, 0.5) is 5.95 Å². The Hall–Kier alpha value is -2.50. The normalized spacial score (nSPS) is 12.1. The van der Waals surface area contributed by atoms with Crippen LogP contribution in [0.15, 0.2) is 30.6 Å². The third kappa shape index (κ3) is 3.25. The first-order valence-corrected chi connectivity index (χ1v) is 5.87. The molecule has 1 aromatic carbocycles. The minimum atomic E-state index is -0.283. The first-order chi connectivity index (χ1) is 9.06. The van der Waals surface area contributed by atoms with Crippen molar-refractivity contribution in [2.45, 2.75) is 13.3 Å². The maximum absolute atomic E-state index is 11.9. The van der Waals surface area contributed by atoms with Crippen LogP contribution in [-0.4, -0.2) is 26.1 Å². The van der Waals surface area contributed by atoms with Crippen LogP contribution in [0, 0.1) is 5.92 Å². The average Bonchev–Trinajstić information content (AvgIpc) is 2.86. The minimum Gasteiger partial charge on any atom is -0.504 e. The number of anilines is 1. The zero-order valence-electron chi connectivity index (χ0n) is 10.4. The van der Waals surface area contributed by atoms with Gasteiger partial charge in [0, 0.05) is 18.3 Å². The summed E-state index contributed by atoms with van der Waals surface area (Å²) in [5.41, 5.74) is 0.775. The maximum Gasteiger partial charge on any atom is 0.229 e. The summed E-state index contributed by atoms with van der Waals surface area (Å²) in [7, 11) is 0. The van der Waals surface area contributed by atoms with Crippen LogP contribution in [-0.2, 0) is 11.2 Å². The number of hydrogen-bond donors (Lipinski definition) is 4. The lowest BCUT2D eigenvalue weighted by molar-refractivity contribution is -0.119. The van der Waals surface area contributed by atoms with Crippen LogP contribution in [0.3, 0.4) is 0 Å². The molecule has 19 heavy (non-hydrogen) atoms. The third-order valence-corrected chi connectivity index (χ3v) is 2.77. The van der Waals surface area contributed by atoms with Crippen LogP contribution in [0.2, 0.25) is 0 Å². The van der Waals surface area contributed by atoms with Crippen molar-refractivity contribution in [2.24, 2.45) is 5.92 Å². The number of aromatic amines is 1. The van der Waals surface area contributed by atoms with Crippen LogP contribution < -0.4 is 5.32 Å². The van der Waals surface area contributed by atoms with Crippen molar-refractivity contribution in [3.8, 4) is 11.5 Å². The molecule has 0 aliphatic carbocycles. The first kappa shape index (κ1) is 12.9. The lowest BCUT2D eigenvalue weighted by atomic mass is 10.00. The summed E-state index contributed by atoms with van der Waals surface area (Å²) in [6, 6.07) is 4.53. The van der Waals surface area contributed by atoms with Crippen LogP contribution in [0.5, 0.6) is 11.5 Å². The Kier molecular flexibility index (Phi) is 3.70. The fourth-order valence-electron chi connectivity index (χ4n) is 1.72. The minimum absolute atomic E-state index is 0.164. The molecule has 0 aliphatic rings. The van der Waals surface area contributed by atoms with Gasteiger partial charge in [0.2, 0.25) is 11.9 Å². The number of carbonyl (C=O) groups excluding carboxylic acids is 1. The van der Waals surface area contributed by atoms with E-state index in [1.54, 1.807) is 25.4 Å². The number of phenolic OH excluding ortho intramolecular Hbond substituents is 2. The molecule has 0 bridgehead atoms. The van der Waals surface area contributed by atoms with Gasteiger partial charge in [0.25, 0.3) is 0 Å². The molecule has 0 saturated carbocycles. The first-order valence-electron chi connectivity index (χ1n) is 5.87. The maximum atomic E-state index is 11.9. The van der Waals surface area contributed by atoms with Crippen molar-refractivity contribution >= 4 is 11.9 Å². The van der Waals surface area contributed by atoms with Crippen LogP contribution >= 0.6 is 0 Å². The number of rotatable bonds is 4. The van der Waals surface area contributed by atoms with Gasteiger partial charge in [-0.3, -0.25) is 10.1 Å². The number of aromatic nitrogens is 2. The van der Waals surface area contributed by atoms with Crippen molar-refractivity contribution < 1.29 is 15.0 Å². The van der Waals surface area contributed by atoms with Gasteiger partial charge in [0.15, 0.2) is 11.5 Å². The Balaban J connectivity index is 1.98. The highest BCUT2D eigenvalue weighted by atomic mass is 16.3. The number of aromatic hydroxyl groups is 2. The Morgan fingerprint density at radius 1 is 1.42 bits per heavy atom. The number of nitrogens with one attached hydrogen (secondary N) is 2. The van der Waals surface area contributed by atoms with Gasteiger partial charge in [-0.15, -0.1) is 0 Å². The van der Waals surface area contributed by atoms with E-state index < -0.39 is 0 Å². The summed E-state index contributed by atoms with van der Waals surface area (Å²) in [6.07, 6.45) is 3.64. The Labute approximate surface area is 110 Å². The van der Waals surface area contributed by atoms with Gasteiger partial charge in [-0.1, -0.05) is 13.0 Å². The second kappa shape index (κ2) is 5.43. The number of nitrogens with zero attached hydrogens (tertiary/aromatic N) is 1. The number of H-pyrrole nitrogens is 1. The molecule has 6 heteroatoms. The highest BCUT2D eigenvalue weighted by Crippen LogP contribution is 2.26. The number of benzene rings is 1. The van der Waals surface area contributed by atoms with E-state index in [1.165, 1.54) is 12.1 Å². The monoisotopic (exact) mass is 261 g/mol. The zero-order chi connectivity index (χ0) is 13.8. The summed E-state index contributed by atoms with van der Waals surface area (Å²) in [5.74, 6) is -0.394. The van der Waals surface area contributed by atoms with Crippen molar-refractivity contribution in [1.29, 1.82) is 0 Å².